The Morgan fingerprint density at radius 2 is 1.81 bits per heavy atom. The van der Waals surface area contributed by atoms with Crippen LogP contribution in [0.4, 0.5) is 5.69 Å². The fourth-order valence-corrected chi connectivity index (χ4v) is 1.92. The van der Waals surface area contributed by atoms with Gasteiger partial charge in [0.1, 0.15) is 0 Å². The number of halogens is 2. The zero-order chi connectivity index (χ0) is 11.8. The maximum absolute atomic E-state index is 8.62. The topological polar surface area (TPSA) is 32.3 Å². The molecule has 4 heteroatoms. The van der Waals surface area contributed by atoms with E-state index >= 15 is 0 Å². The molecule has 0 aliphatic carbocycles. The molecule has 1 aromatic rings. The average molecular weight is 262 g/mol. The number of unbranched alkanes of at least 4 members (excludes halogenated alkanes) is 3. The normalized spacial score (nSPS) is 10.4. The molecule has 1 aromatic carbocycles. The Morgan fingerprint density at radius 3 is 2.50 bits per heavy atom. The number of benzene rings is 1. The van der Waals surface area contributed by atoms with Gasteiger partial charge in [-0.2, -0.15) is 0 Å². The van der Waals surface area contributed by atoms with E-state index in [9.17, 15) is 0 Å². The molecule has 2 nitrogen and oxygen atoms in total. The second-order valence-corrected chi connectivity index (χ2v) is 4.53. The SMILES string of the molecule is OCCCCCCNc1ccc(Cl)cc1Cl. The molecule has 0 aliphatic rings. The van der Waals surface area contributed by atoms with Crippen LogP contribution >= 0.6 is 23.2 Å². The van der Waals surface area contributed by atoms with Crippen molar-refractivity contribution < 1.29 is 5.11 Å². The summed E-state index contributed by atoms with van der Waals surface area (Å²) < 4.78 is 0. The van der Waals surface area contributed by atoms with Gasteiger partial charge in [0.25, 0.3) is 0 Å². The first kappa shape index (κ1) is 13.6. The van der Waals surface area contributed by atoms with Crippen LogP contribution in [0, 0.1) is 0 Å². The average Bonchev–Trinajstić information content (AvgIpc) is 2.26. The fourth-order valence-electron chi connectivity index (χ4n) is 1.45. The van der Waals surface area contributed by atoms with Crippen LogP contribution in [0.5, 0.6) is 0 Å². The highest BCUT2D eigenvalue weighted by Gasteiger charge is 1.99. The van der Waals surface area contributed by atoms with Gasteiger partial charge in [0.2, 0.25) is 0 Å². The Morgan fingerprint density at radius 1 is 1.06 bits per heavy atom. The molecular formula is C12H17Cl2NO. The standard InChI is InChI=1S/C12H17Cl2NO/c13-10-5-6-12(11(14)9-10)15-7-3-1-2-4-8-16/h5-6,9,15-16H,1-4,7-8H2. The summed E-state index contributed by atoms with van der Waals surface area (Å²) in [6.07, 6.45) is 4.17. The van der Waals surface area contributed by atoms with Crippen LogP contribution in [0.3, 0.4) is 0 Å². The maximum atomic E-state index is 8.62. The van der Waals surface area contributed by atoms with Crippen LogP contribution in [0.25, 0.3) is 0 Å². The van der Waals surface area contributed by atoms with Crippen molar-refractivity contribution in [1.82, 2.24) is 0 Å². The van der Waals surface area contributed by atoms with Crippen LogP contribution in [0.1, 0.15) is 25.7 Å². The third kappa shape index (κ3) is 5.06. The van der Waals surface area contributed by atoms with Crippen molar-refractivity contribution in [3.05, 3.63) is 28.2 Å². The summed E-state index contributed by atoms with van der Waals surface area (Å²) in [5, 5.41) is 13.2. The van der Waals surface area contributed by atoms with Gasteiger partial charge in [-0.1, -0.05) is 36.0 Å². The van der Waals surface area contributed by atoms with E-state index in [0.717, 1.165) is 37.9 Å². The molecule has 0 aliphatic heterocycles. The lowest BCUT2D eigenvalue weighted by molar-refractivity contribution is 0.283. The minimum absolute atomic E-state index is 0.288. The van der Waals surface area contributed by atoms with Gasteiger partial charge in [-0.3, -0.25) is 0 Å². The zero-order valence-electron chi connectivity index (χ0n) is 9.18. The molecule has 0 saturated carbocycles. The van der Waals surface area contributed by atoms with Crippen LogP contribution in [-0.4, -0.2) is 18.3 Å². The summed E-state index contributed by atoms with van der Waals surface area (Å²) in [5.41, 5.74) is 0.924. The summed E-state index contributed by atoms with van der Waals surface area (Å²) in [7, 11) is 0. The van der Waals surface area contributed by atoms with Crippen molar-refractivity contribution >= 4 is 28.9 Å². The Kier molecular flexibility index (Phi) is 6.62. The van der Waals surface area contributed by atoms with E-state index in [1.807, 2.05) is 12.1 Å². The monoisotopic (exact) mass is 261 g/mol. The van der Waals surface area contributed by atoms with E-state index in [1.165, 1.54) is 0 Å². The van der Waals surface area contributed by atoms with E-state index in [0.29, 0.717) is 10.0 Å². The molecule has 16 heavy (non-hydrogen) atoms. The van der Waals surface area contributed by atoms with Gasteiger partial charge in [0.15, 0.2) is 0 Å². The lowest BCUT2D eigenvalue weighted by Crippen LogP contribution is -2.01. The van der Waals surface area contributed by atoms with Crippen LogP contribution < -0.4 is 5.32 Å². The molecule has 0 spiro atoms. The third-order valence-corrected chi connectivity index (χ3v) is 2.88. The molecule has 0 atom stereocenters. The molecule has 0 radical (unpaired) electrons. The first-order valence-electron chi connectivity index (χ1n) is 5.54. The van der Waals surface area contributed by atoms with Crippen molar-refractivity contribution in [2.24, 2.45) is 0 Å². The Balaban J connectivity index is 2.21. The van der Waals surface area contributed by atoms with E-state index in [4.69, 9.17) is 28.3 Å². The summed E-state index contributed by atoms with van der Waals surface area (Å²) in [6, 6.07) is 5.44. The maximum Gasteiger partial charge on any atom is 0.0652 e. The number of rotatable bonds is 7. The number of hydrogen-bond donors (Lipinski definition) is 2. The van der Waals surface area contributed by atoms with E-state index in [-0.39, 0.29) is 6.61 Å². The molecule has 2 N–H and O–H groups in total. The molecular weight excluding hydrogens is 245 g/mol. The van der Waals surface area contributed by atoms with Gasteiger partial charge in [0, 0.05) is 18.2 Å². The summed E-state index contributed by atoms with van der Waals surface area (Å²) >= 11 is 11.8. The van der Waals surface area contributed by atoms with E-state index < -0.39 is 0 Å². The molecule has 90 valence electrons. The molecule has 1 rings (SSSR count). The van der Waals surface area contributed by atoms with Crippen molar-refractivity contribution in [2.45, 2.75) is 25.7 Å². The lowest BCUT2D eigenvalue weighted by atomic mass is 10.2. The zero-order valence-corrected chi connectivity index (χ0v) is 10.7. The van der Waals surface area contributed by atoms with Crippen LogP contribution in [-0.2, 0) is 0 Å². The lowest BCUT2D eigenvalue weighted by Gasteiger charge is -2.08. The first-order chi connectivity index (χ1) is 7.74. The number of anilines is 1. The number of nitrogens with one attached hydrogen (secondary N) is 1. The van der Waals surface area contributed by atoms with Crippen molar-refractivity contribution in [3.8, 4) is 0 Å². The number of aliphatic hydroxyl groups is 1. The van der Waals surface area contributed by atoms with Crippen molar-refractivity contribution in [3.63, 3.8) is 0 Å². The fraction of sp³-hybridized carbons (Fsp3) is 0.500. The largest absolute Gasteiger partial charge is 0.396 e. The molecule has 0 saturated heterocycles. The molecule has 0 fully saturated rings. The quantitative estimate of drug-likeness (QED) is 0.729. The highest BCUT2D eigenvalue weighted by atomic mass is 35.5. The first-order valence-corrected chi connectivity index (χ1v) is 6.29. The van der Waals surface area contributed by atoms with Gasteiger partial charge < -0.3 is 10.4 Å². The molecule has 0 aromatic heterocycles. The Hall–Kier alpha value is -0.440. The highest BCUT2D eigenvalue weighted by molar-refractivity contribution is 6.36. The smallest absolute Gasteiger partial charge is 0.0652 e. The van der Waals surface area contributed by atoms with E-state index in [1.54, 1.807) is 6.07 Å². The van der Waals surface area contributed by atoms with Crippen molar-refractivity contribution in [2.75, 3.05) is 18.5 Å². The van der Waals surface area contributed by atoms with E-state index in [2.05, 4.69) is 5.32 Å². The Labute approximate surface area is 107 Å². The highest BCUT2D eigenvalue weighted by Crippen LogP contribution is 2.25. The van der Waals surface area contributed by atoms with Gasteiger partial charge >= 0.3 is 0 Å². The molecule has 0 unspecified atom stereocenters. The second kappa shape index (κ2) is 7.77. The van der Waals surface area contributed by atoms with Gasteiger partial charge in [-0.15, -0.1) is 0 Å². The predicted molar refractivity (Wildman–Crippen MR) is 70.5 cm³/mol. The minimum Gasteiger partial charge on any atom is -0.396 e. The van der Waals surface area contributed by atoms with Gasteiger partial charge in [-0.05, 0) is 31.0 Å². The molecule has 0 heterocycles. The number of aliphatic hydroxyl groups excluding tert-OH is 1. The van der Waals surface area contributed by atoms with Gasteiger partial charge in [0.05, 0.1) is 10.7 Å². The van der Waals surface area contributed by atoms with Crippen LogP contribution in [0.15, 0.2) is 18.2 Å². The molecule has 0 amide bonds. The third-order valence-electron chi connectivity index (χ3n) is 2.33. The summed E-state index contributed by atoms with van der Waals surface area (Å²) in [6.45, 7) is 1.18. The predicted octanol–water partition coefficient (Wildman–Crippen LogP) is 3.96. The Bertz CT molecular complexity index is 318. The van der Waals surface area contributed by atoms with Gasteiger partial charge in [-0.25, -0.2) is 0 Å². The van der Waals surface area contributed by atoms with Crippen LogP contribution in [0.2, 0.25) is 10.0 Å². The van der Waals surface area contributed by atoms with Crippen molar-refractivity contribution in [1.29, 1.82) is 0 Å². The summed E-state index contributed by atoms with van der Waals surface area (Å²) in [4.78, 5) is 0. The summed E-state index contributed by atoms with van der Waals surface area (Å²) in [5.74, 6) is 0. The minimum atomic E-state index is 0.288. The number of hydrogen-bond acceptors (Lipinski definition) is 2. The molecule has 0 bridgehead atoms. The second-order valence-electron chi connectivity index (χ2n) is 3.69.